The highest BCUT2D eigenvalue weighted by atomic mass is 19.4. The number of halogens is 3. The summed E-state index contributed by atoms with van der Waals surface area (Å²) in [5.41, 5.74) is 3.38. The summed E-state index contributed by atoms with van der Waals surface area (Å²) in [4.78, 5) is 8.51. The molecule has 29 heavy (non-hydrogen) atoms. The zero-order valence-electron chi connectivity index (χ0n) is 15.5. The van der Waals surface area contributed by atoms with E-state index in [0.29, 0.717) is 5.82 Å². The van der Waals surface area contributed by atoms with Crippen molar-refractivity contribution in [3.63, 3.8) is 0 Å². The van der Waals surface area contributed by atoms with E-state index in [1.807, 2.05) is 24.3 Å². The van der Waals surface area contributed by atoms with Gasteiger partial charge in [-0.3, -0.25) is 0 Å². The van der Waals surface area contributed by atoms with E-state index in [9.17, 15) is 13.2 Å². The van der Waals surface area contributed by atoms with Crippen molar-refractivity contribution in [1.29, 1.82) is 0 Å². The maximum Gasteiger partial charge on any atom is 0.416 e. The number of aromatic nitrogens is 2. The average molecular weight is 396 g/mol. The third-order valence-corrected chi connectivity index (χ3v) is 4.69. The van der Waals surface area contributed by atoms with Gasteiger partial charge in [-0.15, -0.1) is 0 Å². The van der Waals surface area contributed by atoms with E-state index in [-0.39, 0.29) is 5.82 Å². The van der Waals surface area contributed by atoms with Crippen LogP contribution in [0.5, 0.6) is 0 Å². The van der Waals surface area contributed by atoms with Gasteiger partial charge in [-0.2, -0.15) is 13.2 Å². The quantitative estimate of drug-likeness (QED) is 0.630. The highest BCUT2D eigenvalue weighted by Gasteiger charge is 2.30. The molecule has 148 valence electrons. The van der Waals surface area contributed by atoms with Crippen LogP contribution in [0.4, 0.5) is 24.8 Å². The molecule has 1 aliphatic rings. The summed E-state index contributed by atoms with van der Waals surface area (Å²) in [6, 6.07) is 15.4. The van der Waals surface area contributed by atoms with Gasteiger partial charge in [0.15, 0.2) is 0 Å². The monoisotopic (exact) mass is 396 g/mol. The fraction of sp³-hybridized carbons (Fsp3) is 0.182. The molecule has 4 nitrogen and oxygen atoms in total. The number of anilines is 2. The summed E-state index contributed by atoms with van der Waals surface area (Å²) in [6.07, 6.45) is -0.128. The Labute approximate surface area is 166 Å². The fourth-order valence-electron chi connectivity index (χ4n) is 3.23. The minimum absolute atomic E-state index is 0.0955. The Kier molecular flexibility index (Phi) is 5.31. The Hall–Kier alpha value is -3.19. The van der Waals surface area contributed by atoms with Crippen LogP contribution in [0.15, 0.2) is 66.9 Å². The molecule has 1 aliphatic heterocycles. The van der Waals surface area contributed by atoms with Gasteiger partial charge >= 0.3 is 6.18 Å². The Morgan fingerprint density at radius 2 is 1.76 bits per heavy atom. The molecule has 0 amide bonds. The number of pyridine rings is 2. The minimum Gasteiger partial charge on any atom is -0.325 e. The van der Waals surface area contributed by atoms with Crippen molar-refractivity contribution in [3.8, 4) is 11.3 Å². The molecule has 1 aromatic carbocycles. The molecule has 0 bridgehead atoms. The van der Waals surface area contributed by atoms with Gasteiger partial charge in [0.05, 0.1) is 11.3 Å². The van der Waals surface area contributed by atoms with Crippen LogP contribution in [0.1, 0.15) is 17.5 Å². The van der Waals surface area contributed by atoms with Crippen LogP contribution < -0.4 is 10.6 Å². The largest absolute Gasteiger partial charge is 0.416 e. The molecule has 0 aliphatic carbocycles. The van der Waals surface area contributed by atoms with E-state index in [4.69, 9.17) is 0 Å². The lowest BCUT2D eigenvalue weighted by atomic mass is 9.97. The minimum atomic E-state index is -4.42. The molecule has 0 atom stereocenters. The smallest absolute Gasteiger partial charge is 0.325 e. The van der Waals surface area contributed by atoms with Crippen molar-refractivity contribution in [2.24, 2.45) is 0 Å². The maximum absolute atomic E-state index is 12.9. The highest BCUT2D eigenvalue weighted by Crippen LogP contribution is 2.31. The number of benzene rings is 1. The van der Waals surface area contributed by atoms with Gasteiger partial charge in [0, 0.05) is 18.3 Å². The van der Waals surface area contributed by atoms with Gasteiger partial charge in [0.1, 0.15) is 11.6 Å². The van der Waals surface area contributed by atoms with E-state index < -0.39 is 11.7 Å². The van der Waals surface area contributed by atoms with E-state index >= 15 is 0 Å². The van der Waals surface area contributed by atoms with Gasteiger partial charge in [0.25, 0.3) is 0 Å². The third-order valence-electron chi connectivity index (χ3n) is 4.69. The summed E-state index contributed by atoms with van der Waals surface area (Å²) in [5.74, 6) is 0.527. The molecular weight excluding hydrogens is 377 g/mol. The number of hydrogen-bond donors (Lipinski definition) is 2. The van der Waals surface area contributed by atoms with Crippen molar-refractivity contribution >= 4 is 17.2 Å². The van der Waals surface area contributed by atoms with Gasteiger partial charge < -0.3 is 10.6 Å². The summed E-state index contributed by atoms with van der Waals surface area (Å²) in [6.45, 7) is 1.82. The Balaban J connectivity index is 1.59. The average Bonchev–Trinajstić information content (AvgIpc) is 2.74. The Morgan fingerprint density at radius 3 is 2.55 bits per heavy atom. The molecule has 0 saturated carbocycles. The predicted molar refractivity (Wildman–Crippen MR) is 108 cm³/mol. The van der Waals surface area contributed by atoms with E-state index in [0.717, 1.165) is 54.7 Å². The van der Waals surface area contributed by atoms with Crippen molar-refractivity contribution in [2.75, 3.05) is 18.4 Å². The zero-order valence-corrected chi connectivity index (χ0v) is 15.5. The molecule has 4 rings (SSSR count). The third kappa shape index (κ3) is 4.63. The van der Waals surface area contributed by atoms with Crippen LogP contribution in [0.25, 0.3) is 16.8 Å². The SMILES string of the molecule is FC(F)(F)c1ccnc(Nc2cccc(-c3cccc(C4=CCNCC4)c3)n2)c1. The molecule has 2 N–H and O–H groups in total. The second-order valence-corrected chi connectivity index (χ2v) is 6.72. The van der Waals surface area contributed by atoms with Crippen molar-refractivity contribution in [3.05, 3.63) is 78.0 Å². The fourth-order valence-corrected chi connectivity index (χ4v) is 3.23. The zero-order chi connectivity index (χ0) is 20.3. The lowest BCUT2D eigenvalue weighted by Crippen LogP contribution is -2.19. The second kappa shape index (κ2) is 8.05. The van der Waals surface area contributed by atoms with Gasteiger partial charge in [-0.05, 0) is 54.4 Å². The van der Waals surface area contributed by atoms with Crippen LogP contribution >= 0.6 is 0 Å². The summed E-state index contributed by atoms with van der Waals surface area (Å²) in [5, 5.41) is 6.16. The van der Waals surface area contributed by atoms with Crippen molar-refractivity contribution in [1.82, 2.24) is 15.3 Å². The highest BCUT2D eigenvalue weighted by molar-refractivity contribution is 5.72. The second-order valence-electron chi connectivity index (χ2n) is 6.72. The topological polar surface area (TPSA) is 49.8 Å². The number of hydrogen-bond acceptors (Lipinski definition) is 4. The first-order valence-corrected chi connectivity index (χ1v) is 9.27. The van der Waals surface area contributed by atoms with Gasteiger partial charge in [0.2, 0.25) is 0 Å². The number of nitrogens with one attached hydrogen (secondary N) is 2. The van der Waals surface area contributed by atoms with Crippen LogP contribution in [0.2, 0.25) is 0 Å². The van der Waals surface area contributed by atoms with Crippen LogP contribution in [0.3, 0.4) is 0 Å². The lowest BCUT2D eigenvalue weighted by molar-refractivity contribution is -0.137. The standard InChI is InChI=1S/C22H19F3N4/c23-22(24,25)18-9-12-27-21(14-18)29-20-6-2-5-19(28-20)17-4-1-3-16(13-17)15-7-10-26-11-8-15/h1-7,9,12-14,26H,8,10-11H2,(H,27,28,29). The Morgan fingerprint density at radius 1 is 0.931 bits per heavy atom. The molecule has 2 aromatic heterocycles. The lowest BCUT2D eigenvalue weighted by Gasteiger charge is -2.15. The first kappa shape index (κ1) is 19.1. The van der Waals surface area contributed by atoms with Crippen molar-refractivity contribution < 1.29 is 13.2 Å². The van der Waals surface area contributed by atoms with Crippen LogP contribution in [0, 0.1) is 0 Å². The Bertz CT molecular complexity index is 1040. The summed E-state index contributed by atoms with van der Waals surface area (Å²) in [7, 11) is 0. The maximum atomic E-state index is 12.9. The van der Waals surface area contributed by atoms with Gasteiger partial charge in [-0.1, -0.05) is 30.3 Å². The first-order valence-electron chi connectivity index (χ1n) is 9.27. The predicted octanol–water partition coefficient (Wildman–Crippen LogP) is 5.28. The molecule has 0 fully saturated rings. The number of nitrogens with zero attached hydrogens (tertiary/aromatic N) is 2. The molecule has 3 heterocycles. The number of rotatable bonds is 4. The number of alkyl halides is 3. The molecule has 0 spiro atoms. The molecule has 0 radical (unpaired) electrons. The molecule has 0 saturated heterocycles. The normalized spacial score (nSPS) is 14.4. The summed E-state index contributed by atoms with van der Waals surface area (Å²) < 4.78 is 38.7. The van der Waals surface area contributed by atoms with E-state index in [1.165, 1.54) is 5.57 Å². The summed E-state index contributed by atoms with van der Waals surface area (Å²) >= 11 is 0. The van der Waals surface area contributed by atoms with E-state index in [2.05, 4.69) is 38.8 Å². The molecular formula is C22H19F3N4. The molecule has 7 heteroatoms. The van der Waals surface area contributed by atoms with Gasteiger partial charge in [-0.25, -0.2) is 9.97 Å². The first-order chi connectivity index (χ1) is 14.0. The van der Waals surface area contributed by atoms with Crippen LogP contribution in [-0.4, -0.2) is 23.1 Å². The van der Waals surface area contributed by atoms with E-state index in [1.54, 1.807) is 6.07 Å². The molecule has 3 aromatic rings. The van der Waals surface area contributed by atoms with Crippen LogP contribution in [-0.2, 0) is 6.18 Å². The molecule has 0 unspecified atom stereocenters. The van der Waals surface area contributed by atoms with Crippen molar-refractivity contribution in [2.45, 2.75) is 12.6 Å².